The van der Waals surface area contributed by atoms with Crippen molar-refractivity contribution in [3.8, 4) is 11.3 Å². The minimum Gasteiger partial charge on any atom is -0.342 e. The van der Waals surface area contributed by atoms with Crippen LogP contribution < -0.4 is 0 Å². The molecule has 5 heteroatoms. The largest absolute Gasteiger partial charge is 0.342 e. The van der Waals surface area contributed by atoms with Gasteiger partial charge in [0.2, 0.25) is 5.91 Å². The zero-order chi connectivity index (χ0) is 15.5. The van der Waals surface area contributed by atoms with E-state index in [0.717, 1.165) is 25.1 Å². The molecule has 0 unspecified atom stereocenters. The van der Waals surface area contributed by atoms with E-state index in [4.69, 9.17) is 0 Å². The van der Waals surface area contributed by atoms with E-state index < -0.39 is 0 Å². The molecule has 0 N–H and O–H groups in total. The number of piperidine rings is 1. The van der Waals surface area contributed by atoms with E-state index >= 15 is 0 Å². The molecular weight excluding hydrogens is 281 g/mol. The minimum atomic E-state index is -0.302. The number of carbonyl (C=O) groups excluding carboxylic acids is 1. The van der Waals surface area contributed by atoms with Crippen molar-refractivity contribution >= 4 is 5.91 Å². The third kappa shape index (κ3) is 2.84. The van der Waals surface area contributed by atoms with Gasteiger partial charge in [-0.1, -0.05) is 12.1 Å². The maximum absolute atomic E-state index is 14.1. The van der Waals surface area contributed by atoms with Crippen LogP contribution >= 0.6 is 0 Å². The van der Waals surface area contributed by atoms with E-state index in [1.165, 1.54) is 6.07 Å². The third-order valence-electron chi connectivity index (χ3n) is 4.11. The average molecular weight is 299 g/mol. The molecule has 1 aliphatic rings. The van der Waals surface area contributed by atoms with E-state index in [9.17, 15) is 9.18 Å². The molecule has 114 valence electrons. The first kappa shape index (κ1) is 14.6. The first-order chi connectivity index (χ1) is 10.7. The normalized spacial score (nSPS) is 18.3. The van der Waals surface area contributed by atoms with Gasteiger partial charge >= 0.3 is 0 Å². The van der Waals surface area contributed by atoms with Crippen LogP contribution in [0.5, 0.6) is 0 Å². The number of rotatable bonds is 2. The van der Waals surface area contributed by atoms with E-state index in [1.807, 2.05) is 4.90 Å². The average Bonchev–Trinajstić information content (AvgIpc) is 2.55. The number of carbonyl (C=O) groups is 1. The van der Waals surface area contributed by atoms with Gasteiger partial charge in [0.15, 0.2) is 0 Å². The van der Waals surface area contributed by atoms with Crippen LogP contribution in [0, 0.1) is 5.82 Å². The Kier molecular flexibility index (Phi) is 4.13. The van der Waals surface area contributed by atoms with Crippen molar-refractivity contribution in [2.45, 2.75) is 25.7 Å². The van der Waals surface area contributed by atoms with E-state index in [1.54, 1.807) is 37.5 Å². The van der Waals surface area contributed by atoms with Gasteiger partial charge in [-0.05, 0) is 25.0 Å². The highest BCUT2D eigenvalue weighted by molar-refractivity contribution is 5.73. The van der Waals surface area contributed by atoms with Crippen LogP contribution in [0.2, 0.25) is 0 Å². The molecule has 0 aliphatic carbocycles. The molecule has 3 rings (SSSR count). The summed E-state index contributed by atoms with van der Waals surface area (Å²) in [5, 5.41) is 0. The number of hydrogen-bond acceptors (Lipinski definition) is 3. The summed E-state index contributed by atoms with van der Waals surface area (Å²) in [7, 11) is 0. The molecule has 22 heavy (non-hydrogen) atoms. The molecule has 1 saturated heterocycles. The molecule has 0 bridgehead atoms. The standard InChI is InChI=1S/C17H18FN3O/c1-12(22)21-10-4-5-13(11-21)16-17(20-9-8-19-16)14-6-2-3-7-15(14)18/h2-3,6-9,13H,4-5,10-11H2,1H3/t13-/m0/s1. The summed E-state index contributed by atoms with van der Waals surface area (Å²) >= 11 is 0. The zero-order valence-corrected chi connectivity index (χ0v) is 12.5. The van der Waals surface area contributed by atoms with Crippen molar-refractivity contribution in [1.29, 1.82) is 0 Å². The van der Waals surface area contributed by atoms with E-state index in [-0.39, 0.29) is 17.6 Å². The summed E-state index contributed by atoms with van der Waals surface area (Å²) in [6, 6.07) is 6.59. The molecule has 2 heterocycles. The predicted octanol–water partition coefficient (Wildman–Crippen LogP) is 3.01. The summed E-state index contributed by atoms with van der Waals surface area (Å²) in [5.74, 6) is -0.134. The fraction of sp³-hybridized carbons (Fsp3) is 0.353. The molecule has 1 aromatic carbocycles. The lowest BCUT2D eigenvalue weighted by Gasteiger charge is -2.32. The van der Waals surface area contributed by atoms with Gasteiger partial charge in [0.25, 0.3) is 0 Å². The Morgan fingerprint density at radius 2 is 2.05 bits per heavy atom. The lowest BCUT2D eigenvalue weighted by molar-refractivity contribution is -0.130. The highest BCUT2D eigenvalue weighted by Crippen LogP contribution is 2.32. The lowest BCUT2D eigenvalue weighted by atomic mass is 9.91. The van der Waals surface area contributed by atoms with Gasteiger partial charge in [-0.25, -0.2) is 4.39 Å². The Morgan fingerprint density at radius 1 is 1.27 bits per heavy atom. The SMILES string of the molecule is CC(=O)N1CCC[C@H](c2nccnc2-c2ccccc2F)C1. The fourth-order valence-electron chi connectivity index (χ4n) is 2.99. The van der Waals surface area contributed by atoms with Crippen molar-refractivity contribution in [1.82, 2.24) is 14.9 Å². The lowest BCUT2D eigenvalue weighted by Crippen LogP contribution is -2.38. The molecule has 2 aromatic rings. The maximum atomic E-state index is 14.1. The van der Waals surface area contributed by atoms with Crippen LogP contribution in [0.3, 0.4) is 0 Å². The summed E-state index contributed by atoms with van der Waals surface area (Å²) in [6.45, 7) is 2.98. The Morgan fingerprint density at radius 3 is 2.82 bits per heavy atom. The number of nitrogens with zero attached hydrogens (tertiary/aromatic N) is 3. The monoisotopic (exact) mass is 299 g/mol. The van der Waals surface area contributed by atoms with Crippen molar-refractivity contribution in [2.75, 3.05) is 13.1 Å². The second-order valence-corrected chi connectivity index (χ2v) is 5.57. The molecule has 1 amide bonds. The molecule has 1 aromatic heterocycles. The van der Waals surface area contributed by atoms with Gasteiger partial charge < -0.3 is 4.90 Å². The second kappa shape index (κ2) is 6.22. The molecule has 0 spiro atoms. The Hall–Kier alpha value is -2.30. The summed E-state index contributed by atoms with van der Waals surface area (Å²) in [4.78, 5) is 22.2. The highest BCUT2D eigenvalue weighted by atomic mass is 19.1. The highest BCUT2D eigenvalue weighted by Gasteiger charge is 2.27. The Balaban J connectivity index is 1.98. The number of likely N-dealkylation sites (tertiary alicyclic amines) is 1. The minimum absolute atomic E-state index is 0.0704. The van der Waals surface area contributed by atoms with Crippen molar-refractivity contribution in [2.24, 2.45) is 0 Å². The Bertz CT molecular complexity index is 689. The van der Waals surface area contributed by atoms with Crippen molar-refractivity contribution in [3.63, 3.8) is 0 Å². The van der Waals surface area contributed by atoms with Crippen LogP contribution in [-0.4, -0.2) is 33.9 Å². The molecular formula is C17H18FN3O. The molecule has 1 aliphatic heterocycles. The van der Waals surface area contributed by atoms with Gasteiger partial charge in [0, 0.05) is 43.9 Å². The van der Waals surface area contributed by atoms with Gasteiger partial charge in [-0.3, -0.25) is 14.8 Å². The Labute approximate surface area is 129 Å². The van der Waals surface area contributed by atoms with Gasteiger partial charge in [-0.2, -0.15) is 0 Å². The fourth-order valence-corrected chi connectivity index (χ4v) is 2.99. The van der Waals surface area contributed by atoms with Crippen LogP contribution in [0.1, 0.15) is 31.4 Å². The quantitative estimate of drug-likeness (QED) is 0.856. The molecule has 1 atom stereocenters. The maximum Gasteiger partial charge on any atom is 0.219 e. The summed E-state index contributed by atoms with van der Waals surface area (Å²) in [5.41, 5.74) is 1.82. The molecule has 4 nitrogen and oxygen atoms in total. The first-order valence-corrected chi connectivity index (χ1v) is 7.48. The number of aromatic nitrogens is 2. The number of hydrogen-bond donors (Lipinski definition) is 0. The number of benzene rings is 1. The molecule has 0 saturated carbocycles. The predicted molar refractivity (Wildman–Crippen MR) is 81.7 cm³/mol. The molecule has 1 fully saturated rings. The van der Waals surface area contributed by atoms with Crippen LogP contribution in [0.15, 0.2) is 36.7 Å². The van der Waals surface area contributed by atoms with Crippen LogP contribution in [0.4, 0.5) is 4.39 Å². The van der Waals surface area contributed by atoms with Gasteiger partial charge in [-0.15, -0.1) is 0 Å². The summed E-state index contributed by atoms with van der Waals surface area (Å²) < 4.78 is 14.1. The number of halogens is 1. The second-order valence-electron chi connectivity index (χ2n) is 5.57. The third-order valence-corrected chi connectivity index (χ3v) is 4.11. The van der Waals surface area contributed by atoms with Gasteiger partial charge in [0.1, 0.15) is 5.82 Å². The number of amides is 1. The van der Waals surface area contributed by atoms with Crippen molar-refractivity contribution < 1.29 is 9.18 Å². The summed E-state index contributed by atoms with van der Waals surface area (Å²) in [6.07, 6.45) is 5.07. The molecule has 0 radical (unpaired) electrons. The zero-order valence-electron chi connectivity index (χ0n) is 12.5. The topological polar surface area (TPSA) is 46.1 Å². The van der Waals surface area contributed by atoms with E-state index in [0.29, 0.717) is 17.8 Å². The van der Waals surface area contributed by atoms with Crippen LogP contribution in [0.25, 0.3) is 11.3 Å². The van der Waals surface area contributed by atoms with Crippen molar-refractivity contribution in [3.05, 3.63) is 48.2 Å². The smallest absolute Gasteiger partial charge is 0.219 e. The first-order valence-electron chi connectivity index (χ1n) is 7.48. The van der Waals surface area contributed by atoms with Gasteiger partial charge in [0.05, 0.1) is 11.4 Å². The van der Waals surface area contributed by atoms with Crippen LogP contribution in [-0.2, 0) is 4.79 Å². The van der Waals surface area contributed by atoms with E-state index in [2.05, 4.69) is 9.97 Å².